The van der Waals surface area contributed by atoms with Crippen LogP contribution in [0, 0.1) is 0 Å². The van der Waals surface area contributed by atoms with Crippen LogP contribution >= 0.6 is 15.9 Å². The summed E-state index contributed by atoms with van der Waals surface area (Å²) in [7, 11) is 0. The summed E-state index contributed by atoms with van der Waals surface area (Å²) in [5, 5.41) is 4.43. The second-order valence-corrected chi connectivity index (χ2v) is 5.64. The van der Waals surface area contributed by atoms with E-state index in [9.17, 15) is 0 Å². The van der Waals surface area contributed by atoms with E-state index in [0.717, 1.165) is 10.2 Å². The average Bonchev–Trinajstić information content (AvgIpc) is 2.61. The summed E-state index contributed by atoms with van der Waals surface area (Å²) in [6.07, 6.45) is 1.85. The molecule has 0 radical (unpaired) electrons. The third kappa shape index (κ3) is 2.05. The lowest BCUT2D eigenvalue weighted by Gasteiger charge is -2.22. The molecular weight excluding hydrogens is 264 g/mol. The van der Waals surface area contributed by atoms with Gasteiger partial charge in [-0.2, -0.15) is 5.10 Å². The van der Waals surface area contributed by atoms with Crippen LogP contribution in [0.3, 0.4) is 0 Å². The van der Waals surface area contributed by atoms with Gasteiger partial charge >= 0.3 is 0 Å². The molecule has 84 valence electrons. The van der Waals surface area contributed by atoms with Gasteiger partial charge in [-0.1, -0.05) is 30.3 Å². The minimum Gasteiger partial charge on any atom is -0.258 e. The first-order valence-electron chi connectivity index (χ1n) is 5.29. The predicted octanol–water partition coefficient (Wildman–Crippen LogP) is 4.07. The second-order valence-electron chi connectivity index (χ2n) is 4.79. The zero-order valence-corrected chi connectivity index (χ0v) is 11.3. The maximum Gasteiger partial charge on any atom is 0.0830 e. The van der Waals surface area contributed by atoms with Crippen molar-refractivity contribution in [1.29, 1.82) is 0 Å². The van der Waals surface area contributed by atoms with Crippen LogP contribution in [0.15, 0.2) is 41.0 Å². The first-order chi connectivity index (χ1) is 7.50. The largest absolute Gasteiger partial charge is 0.258 e. The zero-order valence-electron chi connectivity index (χ0n) is 9.74. The van der Waals surface area contributed by atoms with Crippen LogP contribution < -0.4 is 0 Å². The first-order valence-corrected chi connectivity index (χ1v) is 6.09. The van der Waals surface area contributed by atoms with Crippen LogP contribution in [0.4, 0.5) is 0 Å². The standard InChI is InChI=1S/C13H15BrN2/c1-13(2,3)16-12(11(14)9-15-16)10-7-5-4-6-8-10/h4-9H,1-3H3. The summed E-state index contributed by atoms with van der Waals surface area (Å²) in [4.78, 5) is 0. The lowest BCUT2D eigenvalue weighted by molar-refractivity contribution is 0.360. The molecule has 0 bridgehead atoms. The van der Waals surface area contributed by atoms with Crippen molar-refractivity contribution in [1.82, 2.24) is 9.78 Å². The zero-order chi connectivity index (χ0) is 11.8. The Labute approximate surface area is 104 Å². The number of hydrogen-bond acceptors (Lipinski definition) is 1. The third-order valence-corrected chi connectivity index (χ3v) is 2.99. The van der Waals surface area contributed by atoms with E-state index in [1.54, 1.807) is 0 Å². The molecule has 16 heavy (non-hydrogen) atoms. The molecule has 2 nitrogen and oxygen atoms in total. The SMILES string of the molecule is CC(C)(C)n1ncc(Br)c1-c1ccccc1. The van der Waals surface area contributed by atoms with Crippen molar-refractivity contribution in [2.75, 3.05) is 0 Å². The van der Waals surface area contributed by atoms with Gasteiger partial charge in [0, 0.05) is 5.56 Å². The molecule has 0 aliphatic carbocycles. The van der Waals surface area contributed by atoms with Crippen LogP contribution in [0.2, 0.25) is 0 Å². The monoisotopic (exact) mass is 278 g/mol. The number of nitrogens with zero attached hydrogens (tertiary/aromatic N) is 2. The van der Waals surface area contributed by atoms with E-state index < -0.39 is 0 Å². The van der Waals surface area contributed by atoms with Gasteiger partial charge in [-0.15, -0.1) is 0 Å². The molecule has 2 aromatic rings. The lowest BCUT2D eigenvalue weighted by atomic mass is 10.1. The van der Waals surface area contributed by atoms with Crippen molar-refractivity contribution in [3.63, 3.8) is 0 Å². The van der Waals surface area contributed by atoms with Crippen LogP contribution in [-0.2, 0) is 5.54 Å². The summed E-state index contributed by atoms with van der Waals surface area (Å²) in [5.74, 6) is 0. The minimum atomic E-state index is -0.0167. The Morgan fingerprint density at radius 1 is 1.12 bits per heavy atom. The summed E-state index contributed by atoms with van der Waals surface area (Å²) in [6, 6.07) is 10.3. The van der Waals surface area contributed by atoms with Gasteiger partial charge in [0.15, 0.2) is 0 Å². The van der Waals surface area contributed by atoms with Gasteiger partial charge in [0.1, 0.15) is 0 Å². The molecule has 0 amide bonds. The van der Waals surface area contributed by atoms with E-state index in [0.29, 0.717) is 0 Å². The smallest absolute Gasteiger partial charge is 0.0830 e. The molecule has 0 aliphatic rings. The average molecular weight is 279 g/mol. The number of benzene rings is 1. The van der Waals surface area contributed by atoms with E-state index in [-0.39, 0.29) is 5.54 Å². The molecule has 1 aromatic carbocycles. The molecule has 0 N–H and O–H groups in total. The molecule has 1 heterocycles. The molecule has 2 rings (SSSR count). The normalized spacial score (nSPS) is 11.8. The van der Waals surface area contributed by atoms with Crippen molar-refractivity contribution in [3.05, 3.63) is 41.0 Å². The van der Waals surface area contributed by atoms with Gasteiger partial charge in [0.25, 0.3) is 0 Å². The fraction of sp³-hybridized carbons (Fsp3) is 0.308. The summed E-state index contributed by atoms with van der Waals surface area (Å²) in [5.41, 5.74) is 2.30. The van der Waals surface area contributed by atoms with E-state index in [1.807, 2.05) is 29.1 Å². The minimum absolute atomic E-state index is 0.0167. The Balaban J connectivity index is 2.61. The molecule has 3 heteroatoms. The predicted molar refractivity (Wildman–Crippen MR) is 70.4 cm³/mol. The third-order valence-electron chi connectivity index (χ3n) is 2.41. The topological polar surface area (TPSA) is 17.8 Å². The van der Waals surface area contributed by atoms with Gasteiger partial charge in [0.2, 0.25) is 0 Å². The molecule has 0 saturated carbocycles. The quantitative estimate of drug-likeness (QED) is 0.769. The number of hydrogen-bond donors (Lipinski definition) is 0. The van der Waals surface area contributed by atoms with Crippen LogP contribution in [0.1, 0.15) is 20.8 Å². The van der Waals surface area contributed by atoms with Crippen molar-refractivity contribution >= 4 is 15.9 Å². The molecular formula is C13H15BrN2. The van der Waals surface area contributed by atoms with E-state index >= 15 is 0 Å². The lowest BCUT2D eigenvalue weighted by Crippen LogP contribution is -2.23. The Bertz CT molecular complexity index is 480. The fourth-order valence-electron chi connectivity index (χ4n) is 1.69. The van der Waals surface area contributed by atoms with Gasteiger partial charge in [0.05, 0.1) is 21.9 Å². The molecule has 0 spiro atoms. The summed E-state index contributed by atoms with van der Waals surface area (Å²) < 4.78 is 3.08. The van der Waals surface area contributed by atoms with Crippen molar-refractivity contribution in [3.8, 4) is 11.3 Å². The maximum absolute atomic E-state index is 4.43. The molecule has 0 fully saturated rings. The molecule has 0 atom stereocenters. The number of aromatic nitrogens is 2. The molecule has 0 saturated heterocycles. The Morgan fingerprint density at radius 2 is 1.75 bits per heavy atom. The van der Waals surface area contributed by atoms with Crippen LogP contribution in [-0.4, -0.2) is 9.78 Å². The van der Waals surface area contributed by atoms with Gasteiger partial charge < -0.3 is 0 Å². The fourth-order valence-corrected chi connectivity index (χ4v) is 2.18. The van der Waals surface area contributed by atoms with Gasteiger partial charge in [-0.25, -0.2) is 0 Å². The highest BCUT2D eigenvalue weighted by Crippen LogP contribution is 2.31. The summed E-state index contributed by atoms with van der Waals surface area (Å²) in [6.45, 7) is 6.46. The maximum atomic E-state index is 4.43. The Hall–Kier alpha value is -1.09. The van der Waals surface area contributed by atoms with E-state index in [4.69, 9.17) is 0 Å². The highest BCUT2D eigenvalue weighted by atomic mass is 79.9. The summed E-state index contributed by atoms with van der Waals surface area (Å²) >= 11 is 3.56. The molecule has 0 unspecified atom stereocenters. The first kappa shape index (κ1) is 11.4. The van der Waals surface area contributed by atoms with Crippen LogP contribution in [0.5, 0.6) is 0 Å². The second kappa shape index (κ2) is 4.06. The van der Waals surface area contributed by atoms with Crippen molar-refractivity contribution in [2.24, 2.45) is 0 Å². The van der Waals surface area contributed by atoms with Crippen molar-refractivity contribution in [2.45, 2.75) is 26.3 Å². The molecule has 1 aromatic heterocycles. The van der Waals surface area contributed by atoms with Gasteiger partial charge in [-0.3, -0.25) is 4.68 Å². The molecule has 0 aliphatic heterocycles. The van der Waals surface area contributed by atoms with E-state index in [1.165, 1.54) is 5.56 Å². The van der Waals surface area contributed by atoms with Crippen molar-refractivity contribution < 1.29 is 0 Å². The number of rotatable bonds is 1. The Morgan fingerprint density at radius 3 is 2.31 bits per heavy atom. The van der Waals surface area contributed by atoms with Gasteiger partial charge in [-0.05, 0) is 36.7 Å². The van der Waals surface area contributed by atoms with E-state index in [2.05, 4.69) is 53.9 Å². The Kier molecular flexibility index (Phi) is 2.89. The highest BCUT2D eigenvalue weighted by Gasteiger charge is 2.20. The van der Waals surface area contributed by atoms with Crippen LogP contribution in [0.25, 0.3) is 11.3 Å². The highest BCUT2D eigenvalue weighted by molar-refractivity contribution is 9.10. The number of halogens is 1.